The number of carboxylic acid groups (broad SMARTS) is 1. The fraction of sp³-hybridized carbons (Fsp3) is 0.316. The molecule has 1 fully saturated rings. The molecule has 8 nitrogen and oxygen atoms in total. The van der Waals surface area contributed by atoms with Crippen molar-refractivity contribution in [2.45, 2.75) is 42.2 Å². The first-order valence-electron chi connectivity index (χ1n) is 8.80. The van der Waals surface area contributed by atoms with Crippen molar-refractivity contribution >= 4 is 26.1 Å². The summed E-state index contributed by atoms with van der Waals surface area (Å²) in [6, 6.07) is 10.3. The molecule has 2 aromatic carbocycles. The topological polar surface area (TPSA) is 121 Å². The van der Waals surface area contributed by atoms with E-state index in [9.17, 15) is 26.7 Å². The molecule has 2 atom stereocenters. The van der Waals surface area contributed by atoms with E-state index in [1.807, 2.05) is 0 Å². The van der Waals surface area contributed by atoms with Crippen LogP contribution >= 0.6 is 0 Å². The molecule has 0 N–H and O–H groups in total. The Balaban J connectivity index is 1.86. The zero-order valence-corrected chi connectivity index (χ0v) is 17.4. The third kappa shape index (κ3) is 4.50. The van der Waals surface area contributed by atoms with E-state index in [-0.39, 0.29) is 16.2 Å². The number of hydrogen-bond acceptors (Lipinski definition) is 7. The summed E-state index contributed by atoms with van der Waals surface area (Å²) in [6.45, 7) is 3.17. The van der Waals surface area contributed by atoms with E-state index in [0.29, 0.717) is 0 Å². The van der Waals surface area contributed by atoms with Crippen LogP contribution in [0.15, 0.2) is 58.3 Å². The summed E-state index contributed by atoms with van der Waals surface area (Å²) in [4.78, 5) is 11.4. The van der Waals surface area contributed by atoms with Gasteiger partial charge in [0, 0.05) is 6.54 Å². The van der Waals surface area contributed by atoms with Gasteiger partial charge in [-0.2, -0.15) is 12.7 Å². The third-order valence-corrected chi connectivity index (χ3v) is 7.95. The van der Waals surface area contributed by atoms with Gasteiger partial charge in [0.15, 0.2) is 0 Å². The molecule has 0 aliphatic carbocycles. The Morgan fingerprint density at radius 1 is 0.931 bits per heavy atom. The average molecular weight is 439 g/mol. The smallest absolute Gasteiger partial charge is 0.297 e. The Labute approximate surface area is 169 Å². The Bertz CT molecular complexity index is 1110. The minimum absolute atomic E-state index is 0.0867. The lowest BCUT2D eigenvalue weighted by atomic mass is 10.2. The molecule has 1 saturated heterocycles. The van der Waals surface area contributed by atoms with Crippen molar-refractivity contribution in [2.75, 3.05) is 6.54 Å². The molecule has 0 radical (unpaired) electrons. The summed E-state index contributed by atoms with van der Waals surface area (Å²) in [7, 11) is -8.35. The number of carbonyl (C=O) groups excluding carboxylic acids is 1. The van der Waals surface area contributed by atoms with Crippen LogP contribution in [0, 0.1) is 13.8 Å². The van der Waals surface area contributed by atoms with E-state index >= 15 is 0 Å². The molecule has 0 spiro atoms. The van der Waals surface area contributed by atoms with Crippen LogP contribution in [0.25, 0.3) is 0 Å². The molecule has 2 aromatic rings. The lowest BCUT2D eigenvalue weighted by molar-refractivity contribution is -0.309. The van der Waals surface area contributed by atoms with Crippen molar-refractivity contribution in [3.8, 4) is 0 Å². The van der Waals surface area contributed by atoms with E-state index in [0.717, 1.165) is 15.4 Å². The molecular weight excluding hydrogens is 418 g/mol. The van der Waals surface area contributed by atoms with Crippen molar-refractivity contribution < 1.29 is 30.9 Å². The maximum Gasteiger partial charge on any atom is 0.297 e. The van der Waals surface area contributed by atoms with Crippen molar-refractivity contribution in [2.24, 2.45) is 0 Å². The van der Waals surface area contributed by atoms with E-state index in [4.69, 9.17) is 4.18 Å². The predicted octanol–water partition coefficient (Wildman–Crippen LogP) is 0.590. The summed E-state index contributed by atoms with van der Waals surface area (Å²) in [5.41, 5.74) is 1.70. The highest BCUT2D eigenvalue weighted by Gasteiger charge is 2.43. The van der Waals surface area contributed by atoms with Gasteiger partial charge in [0.1, 0.15) is 0 Å². The lowest BCUT2D eigenvalue weighted by Crippen LogP contribution is -2.46. The minimum atomic E-state index is -4.18. The first-order valence-corrected chi connectivity index (χ1v) is 11.6. The molecule has 156 valence electrons. The molecular formula is C19H20NO7S2-. The van der Waals surface area contributed by atoms with Gasteiger partial charge >= 0.3 is 0 Å². The summed E-state index contributed by atoms with van der Waals surface area (Å²) >= 11 is 0. The molecule has 0 amide bonds. The fourth-order valence-corrected chi connectivity index (χ4v) is 5.80. The molecule has 1 aliphatic rings. The molecule has 29 heavy (non-hydrogen) atoms. The molecule has 0 saturated carbocycles. The number of carboxylic acids is 1. The number of rotatable bonds is 6. The van der Waals surface area contributed by atoms with Crippen LogP contribution in [0.1, 0.15) is 17.5 Å². The summed E-state index contributed by atoms with van der Waals surface area (Å²) in [5.74, 6) is -1.61. The van der Waals surface area contributed by atoms with E-state index < -0.39 is 44.8 Å². The van der Waals surface area contributed by atoms with Crippen molar-refractivity contribution in [1.29, 1.82) is 0 Å². The van der Waals surface area contributed by atoms with Crippen molar-refractivity contribution in [3.05, 3.63) is 59.7 Å². The van der Waals surface area contributed by atoms with Gasteiger partial charge in [-0.05, 0) is 44.5 Å². The number of benzene rings is 2. The average Bonchev–Trinajstić information content (AvgIpc) is 3.07. The van der Waals surface area contributed by atoms with Gasteiger partial charge in [-0.1, -0.05) is 35.4 Å². The quantitative estimate of drug-likeness (QED) is 0.605. The van der Waals surface area contributed by atoms with Crippen molar-refractivity contribution in [1.82, 2.24) is 4.31 Å². The highest BCUT2D eigenvalue weighted by Crippen LogP contribution is 2.30. The summed E-state index contributed by atoms with van der Waals surface area (Å²) < 4.78 is 56.7. The first-order chi connectivity index (χ1) is 13.5. The molecule has 3 rings (SSSR count). The van der Waals surface area contributed by atoms with E-state index in [1.165, 1.54) is 24.3 Å². The molecule has 0 bridgehead atoms. The van der Waals surface area contributed by atoms with Crippen LogP contribution in [-0.2, 0) is 29.1 Å². The largest absolute Gasteiger partial charge is 0.548 e. The Kier molecular flexibility index (Phi) is 5.81. The number of hydrogen-bond donors (Lipinski definition) is 0. The summed E-state index contributed by atoms with van der Waals surface area (Å²) in [5, 5.41) is 11.5. The van der Waals surface area contributed by atoms with Crippen LogP contribution in [0.4, 0.5) is 0 Å². The second kappa shape index (κ2) is 7.86. The minimum Gasteiger partial charge on any atom is -0.548 e. The SMILES string of the molecule is Cc1ccc(S(=O)(=O)O[C@@H]2C[C@@H](C(=O)[O-])N(S(=O)(=O)c3ccc(C)cc3)C2)cc1. The number of sulfonamides is 1. The third-order valence-electron chi connectivity index (χ3n) is 4.69. The lowest BCUT2D eigenvalue weighted by Gasteiger charge is -2.24. The molecule has 1 aliphatic heterocycles. The normalized spacial score (nSPS) is 20.6. The zero-order chi connectivity index (χ0) is 21.4. The Morgan fingerprint density at radius 2 is 1.41 bits per heavy atom. The molecule has 1 heterocycles. The Morgan fingerprint density at radius 3 is 1.90 bits per heavy atom. The van der Waals surface area contributed by atoms with Gasteiger partial charge in [-0.3, -0.25) is 4.18 Å². The molecule has 0 unspecified atom stereocenters. The maximum absolute atomic E-state index is 12.9. The summed E-state index contributed by atoms with van der Waals surface area (Å²) in [6.07, 6.45) is -1.48. The number of aryl methyl sites for hydroxylation is 2. The number of aliphatic carboxylic acids is 1. The standard InChI is InChI=1S/C19H21NO7S2/c1-13-3-7-16(8-4-13)28(23,24)20-12-15(11-18(20)19(21)22)27-29(25,26)17-9-5-14(2)6-10-17/h3-10,15,18H,11-12H2,1-2H3,(H,21,22)/p-1/t15-,18+/m1/s1. The zero-order valence-electron chi connectivity index (χ0n) is 15.8. The van der Waals surface area contributed by atoms with Gasteiger partial charge in [0.05, 0.1) is 27.9 Å². The second-order valence-corrected chi connectivity index (χ2v) is 10.4. The highest BCUT2D eigenvalue weighted by atomic mass is 32.2. The van der Waals surface area contributed by atoms with Gasteiger partial charge < -0.3 is 9.90 Å². The monoisotopic (exact) mass is 438 g/mol. The van der Waals surface area contributed by atoms with Crippen LogP contribution in [0.2, 0.25) is 0 Å². The van der Waals surface area contributed by atoms with Crippen LogP contribution < -0.4 is 5.11 Å². The predicted molar refractivity (Wildman–Crippen MR) is 102 cm³/mol. The van der Waals surface area contributed by atoms with Gasteiger partial charge in [-0.15, -0.1) is 0 Å². The number of carbonyl (C=O) groups is 1. The van der Waals surface area contributed by atoms with E-state index in [2.05, 4.69) is 0 Å². The van der Waals surface area contributed by atoms with Crippen LogP contribution in [-0.4, -0.2) is 45.8 Å². The molecule has 0 aromatic heterocycles. The van der Waals surface area contributed by atoms with Gasteiger partial charge in [0.25, 0.3) is 10.1 Å². The first kappa shape index (κ1) is 21.4. The van der Waals surface area contributed by atoms with Gasteiger partial charge in [0.2, 0.25) is 10.0 Å². The van der Waals surface area contributed by atoms with Crippen LogP contribution in [0.3, 0.4) is 0 Å². The highest BCUT2D eigenvalue weighted by molar-refractivity contribution is 7.89. The fourth-order valence-electron chi connectivity index (χ4n) is 3.10. The number of nitrogens with zero attached hydrogens (tertiary/aromatic N) is 1. The molecule has 10 heteroatoms. The van der Waals surface area contributed by atoms with Gasteiger partial charge in [-0.25, -0.2) is 8.42 Å². The van der Waals surface area contributed by atoms with Crippen LogP contribution in [0.5, 0.6) is 0 Å². The Hall–Kier alpha value is -2.27. The van der Waals surface area contributed by atoms with Crippen molar-refractivity contribution in [3.63, 3.8) is 0 Å². The maximum atomic E-state index is 12.9. The van der Waals surface area contributed by atoms with E-state index in [1.54, 1.807) is 38.1 Å². The second-order valence-electron chi connectivity index (χ2n) is 6.94.